The van der Waals surface area contributed by atoms with Gasteiger partial charge in [-0.15, -0.1) is 0 Å². The standard InChI is InChI=1S/C22H27N3O5/c1-14(2)22(5,13-23)24-20(26)12-29-21(27)10-17-6-8-18(9-7-17)28-11-19-15(3)25-30-16(19)4/h6-9,14H,10-12H2,1-5H3,(H,24,26)/t22-/m0/s1. The molecule has 0 aliphatic heterocycles. The first-order valence-electron chi connectivity index (χ1n) is 9.66. The first-order chi connectivity index (χ1) is 14.1. The number of nitrogens with one attached hydrogen (secondary N) is 1. The molecule has 0 unspecified atom stereocenters. The van der Waals surface area contributed by atoms with Crippen LogP contribution in [-0.2, 0) is 27.4 Å². The predicted octanol–water partition coefficient (Wildman–Crippen LogP) is 3.01. The second-order valence-corrected chi connectivity index (χ2v) is 7.59. The second-order valence-electron chi connectivity index (χ2n) is 7.59. The van der Waals surface area contributed by atoms with Gasteiger partial charge >= 0.3 is 5.97 Å². The van der Waals surface area contributed by atoms with Crippen LogP contribution >= 0.6 is 0 Å². The highest BCUT2D eigenvalue weighted by Crippen LogP contribution is 2.18. The number of benzene rings is 1. The molecule has 0 saturated carbocycles. The summed E-state index contributed by atoms with van der Waals surface area (Å²) in [5.74, 6) is 0.248. The summed E-state index contributed by atoms with van der Waals surface area (Å²) in [5, 5.41) is 15.7. The van der Waals surface area contributed by atoms with Gasteiger partial charge in [-0.05, 0) is 44.4 Å². The highest BCUT2D eigenvalue weighted by molar-refractivity contribution is 5.82. The number of nitrogens with zero attached hydrogens (tertiary/aromatic N) is 2. The summed E-state index contributed by atoms with van der Waals surface area (Å²) in [6.07, 6.45) is 0.0249. The molecule has 0 spiro atoms. The van der Waals surface area contributed by atoms with Crippen LogP contribution in [-0.4, -0.2) is 29.2 Å². The number of carbonyl (C=O) groups excluding carboxylic acids is 2. The Morgan fingerprint density at radius 3 is 2.47 bits per heavy atom. The third-order valence-corrected chi connectivity index (χ3v) is 4.99. The zero-order valence-corrected chi connectivity index (χ0v) is 17.9. The number of carbonyl (C=O) groups is 2. The van der Waals surface area contributed by atoms with Crippen molar-refractivity contribution < 1.29 is 23.6 Å². The van der Waals surface area contributed by atoms with E-state index >= 15 is 0 Å². The minimum absolute atomic E-state index is 0.0249. The summed E-state index contributed by atoms with van der Waals surface area (Å²) in [4.78, 5) is 24.0. The number of hydrogen-bond acceptors (Lipinski definition) is 7. The zero-order chi connectivity index (χ0) is 22.3. The summed E-state index contributed by atoms with van der Waals surface area (Å²) in [7, 11) is 0. The van der Waals surface area contributed by atoms with Crippen LogP contribution < -0.4 is 10.1 Å². The molecule has 8 nitrogen and oxygen atoms in total. The summed E-state index contributed by atoms with van der Waals surface area (Å²) in [6.45, 7) is 8.89. The van der Waals surface area contributed by atoms with Crippen LogP contribution in [0, 0.1) is 31.1 Å². The van der Waals surface area contributed by atoms with E-state index in [0.717, 1.165) is 22.6 Å². The lowest BCUT2D eigenvalue weighted by Gasteiger charge is -2.27. The van der Waals surface area contributed by atoms with Crippen LogP contribution in [0.3, 0.4) is 0 Å². The smallest absolute Gasteiger partial charge is 0.310 e. The van der Waals surface area contributed by atoms with Crippen LogP contribution in [0.25, 0.3) is 0 Å². The molecule has 160 valence electrons. The quantitative estimate of drug-likeness (QED) is 0.628. The topological polar surface area (TPSA) is 114 Å². The molecule has 1 amide bonds. The van der Waals surface area contributed by atoms with Gasteiger partial charge in [-0.1, -0.05) is 31.1 Å². The van der Waals surface area contributed by atoms with Crippen molar-refractivity contribution in [2.75, 3.05) is 6.61 Å². The van der Waals surface area contributed by atoms with E-state index in [4.69, 9.17) is 14.0 Å². The SMILES string of the molecule is Cc1noc(C)c1COc1ccc(CC(=O)OCC(=O)N[C@@](C)(C#N)C(C)C)cc1. The van der Waals surface area contributed by atoms with Crippen LogP contribution in [0.2, 0.25) is 0 Å². The van der Waals surface area contributed by atoms with Gasteiger partial charge in [0.1, 0.15) is 23.7 Å². The molecule has 1 N–H and O–H groups in total. The minimum Gasteiger partial charge on any atom is -0.489 e. The van der Waals surface area contributed by atoms with E-state index in [1.165, 1.54) is 0 Å². The Bertz CT molecular complexity index is 908. The Kier molecular flexibility index (Phi) is 7.59. The van der Waals surface area contributed by atoms with Crippen molar-refractivity contribution in [3.05, 3.63) is 46.8 Å². The number of aryl methyl sites for hydroxylation is 2. The molecule has 1 atom stereocenters. The lowest BCUT2D eigenvalue weighted by atomic mass is 9.90. The fourth-order valence-corrected chi connectivity index (χ4v) is 2.56. The highest BCUT2D eigenvalue weighted by Gasteiger charge is 2.30. The average molecular weight is 413 g/mol. The van der Waals surface area contributed by atoms with Crippen LogP contribution in [0.1, 0.15) is 43.4 Å². The average Bonchev–Trinajstić information content (AvgIpc) is 3.03. The van der Waals surface area contributed by atoms with Gasteiger partial charge in [0.2, 0.25) is 0 Å². The van der Waals surface area contributed by atoms with E-state index in [1.54, 1.807) is 31.2 Å². The van der Waals surface area contributed by atoms with Gasteiger partial charge in [0.15, 0.2) is 6.61 Å². The monoisotopic (exact) mass is 413 g/mol. The summed E-state index contributed by atoms with van der Waals surface area (Å²) >= 11 is 0. The lowest BCUT2D eigenvalue weighted by molar-refractivity contribution is -0.148. The van der Waals surface area contributed by atoms with Gasteiger partial charge in [0.25, 0.3) is 5.91 Å². The van der Waals surface area contributed by atoms with Crippen LogP contribution in [0.15, 0.2) is 28.8 Å². The maximum atomic E-state index is 12.0. The number of aromatic nitrogens is 1. The lowest BCUT2D eigenvalue weighted by Crippen LogP contribution is -2.50. The molecule has 0 radical (unpaired) electrons. The second kappa shape index (κ2) is 9.92. The Hall–Kier alpha value is -3.34. The van der Waals surface area contributed by atoms with Crippen molar-refractivity contribution >= 4 is 11.9 Å². The molecule has 8 heteroatoms. The molecule has 0 saturated heterocycles. The molecule has 1 aromatic carbocycles. The Balaban J connectivity index is 1.80. The van der Waals surface area contributed by atoms with E-state index in [1.807, 2.05) is 27.7 Å². The largest absolute Gasteiger partial charge is 0.489 e. The molecule has 0 fully saturated rings. The molecule has 0 aliphatic carbocycles. The Morgan fingerprint density at radius 2 is 1.93 bits per heavy atom. The summed E-state index contributed by atoms with van der Waals surface area (Å²) < 4.78 is 15.9. The van der Waals surface area contributed by atoms with Crippen LogP contribution in [0.5, 0.6) is 5.75 Å². The first kappa shape index (κ1) is 22.9. The molecule has 1 heterocycles. The molecule has 2 aromatic rings. The van der Waals surface area contributed by atoms with E-state index in [0.29, 0.717) is 12.4 Å². The number of amides is 1. The van der Waals surface area contributed by atoms with Gasteiger partial charge in [-0.3, -0.25) is 9.59 Å². The van der Waals surface area contributed by atoms with E-state index in [2.05, 4.69) is 16.5 Å². The fraction of sp³-hybridized carbons (Fsp3) is 0.455. The van der Waals surface area contributed by atoms with Crippen molar-refractivity contribution in [1.29, 1.82) is 5.26 Å². The molecular weight excluding hydrogens is 386 g/mol. The zero-order valence-electron chi connectivity index (χ0n) is 17.9. The molecule has 2 rings (SSSR count). The van der Waals surface area contributed by atoms with Crippen molar-refractivity contribution in [2.45, 2.75) is 53.2 Å². The molecule has 0 aliphatic rings. The number of nitriles is 1. The third-order valence-electron chi connectivity index (χ3n) is 4.99. The third kappa shape index (κ3) is 6.08. The van der Waals surface area contributed by atoms with Crippen molar-refractivity contribution in [3.8, 4) is 11.8 Å². The molecule has 30 heavy (non-hydrogen) atoms. The summed E-state index contributed by atoms with van der Waals surface area (Å²) in [5.41, 5.74) is 1.42. The van der Waals surface area contributed by atoms with Gasteiger partial charge in [-0.25, -0.2) is 0 Å². The van der Waals surface area contributed by atoms with E-state index in [9.17, 15) is 14.9 Å². The maximum absolute atomic E-state index is 12.0. The number of hydrogen-bond donors (Lipinski definition) is 1. The number of esters is 1. The molecular formula is C22H27N3O5. The van der Waals surface area contributed by atoms with E-state index in [-0.39, 0.29) is 12.3 Å². The van der Waals surface area contributed by atoms with Gasteiger partial charge in [-0.2, -0.15) is 5.26 Å². The Labute approximate surface area is 176 Å². The van der Waals surface area contributed by atoms with Gasteiger partial charge in [0.05, 0.1) is 23.7 Å². The first-order valence-corrected chi connectivity index (χ1v) is 9.66. The van der Waals surface area contributed by atoms with Crippen molar-refractivity contribution in [2.24, 2.45) is 5.92 Å². The van der Waals surface area contributed by atoms with Gasteiger partial charge in [0, 0.05) is 0 Å². The van der Waals surface area contributed by atoms with Gasteiger partial charge < -0.3 is 19.3 Å². The minimum atomic E-state index is -1.01. The van der Waals surface area contributed by atoms with Crippen molar-refractivity contribution in [1.82, 2.24) is 10.5 Å². The maximum Gasteiger partial charge on any atom is 0.310 e. The van der Waals surface area contributed by atoms with Crippen molar-refractivity contribution in [3.63, 3.8) is 0 Å². The molecule has 1 aromatic heterocycles. The predicted molar refractivity (Wildman–Crippen MR) is 108 cm³/mol. The normalized spacial score (nSPS) is 12.7. The fourth-order valence-electron chi connectivity index (χ4n) is 2.56. The number of ether oxygens (including phenoxy) is 2. The molecule has 0 bridgehead atoms. The van der Waals surface area contributed by atoms with Crippen LogP contribution in [0.4, 0.5) is 0 Å². The van der Waals surface area contributed by atoms with E-state index < -0.39 is 24.0 Å². The summed E-state index contributed by atoms with van der Waals surface area (Å²) in [6, 6.07) is 9.11. The Morgan fingerprint density at radius 1 is 1.27 bits per heavy atom. The highest BCUT2D eigenvalue weighted by atomic mass is 16.5. The number of rotatable bonds is 9.